The van der Waals surface area contributed by atoms with Gasteiger partial charge in [0.15, 0.2) is 5.82 Å². The van der Waals surface area contributed by atoms with Gasteiger partial charge in [0.05, 0.1) is 30.8 Å². The summed E-state index contributed by atoms with van der Waals surface area (Å²) in [7, 11) is 1.66. The summed E-state index contributed by atoms with van der Waals surface area (Å²) >= 11 is 5.01. The van der Waals surface area contributed by atoms with Crippen molar-refractivity contribution in [3.8, 4) is 17.3 Å². The molecule has 0 aliphatic carbocycles. The van der Waals surface area contributed by atoms with Gasteiger partial charge in [0.1, 0.15) is 17.3 Å². The zero-order valence-corrected chi connectivity index (χ0v) is 17.5. The molecule has 29 heavy (non-hydrogen) atoms. The number of aromatic nitrogens is 3. The molecule has 7 heteroatoms. The number of nitrogens with zero attached hydrogens (tertiary/aromatic N) is 4. The second-order valence-electron chi connectivity index (χ2n) is 7.05. The summed E-state index contributed by atoms with van der Waals surface area (Å²) in [6, 6.07) is 15.7. The van der Waals surface area contributed by atoms with Crippen LogP contribution in [0.2, 0.25) is 0 Å². The predicted molar refractivity (Wildman–Crippen MR) is 117 cm³/mol. The first-order valence-corrected chi connectivity index (χ1v) is 10.0. The van der Waals surface area contributed by atoms with E-state index >= 15 is 0 Å². The summed E-state index contributed by atoms with van der Waals surface area (Å²) in [4.78, 5) is 16.3. The van der Waals surface area contributed by atoms with Crippen molar-refractivity contribution in [3.63, 3.8) is 0 Å². The Bertz CT molecular complexity index is 958. The lowest BCUT2D eigenvalue weighted by atomic mass is 9.96. The molecular weight excluding hydrogens is 384 g/mol. The average Bonchev–Trinajstić information content (AvgIpc) is 2.80. The van der Waals surface area contributed by atoms with Crippen molar-refractivity contribution in [2.45, 2.75) is 11.7 Å². The van der Waals surface area contributed by atoms with E-state index in [1.165, 1.54) is 0 Å². The molecule has 1 aromatic carbocycles. The lowest BCUT2D eigenvalue weighted by Crippen LogP contribution is -2.37. The summed E-state index contributed by atoms with van der Waals surface area (Å²) in [5.41, 5.74) is 2.59. The van der Waals surface area contributed by atoms with Gasteiger partial charge >= 0.3 is 0 Å². The molecule has 0 amide bonds. The molecule has 3 aromatic rings. The molecule has 4 rings (SSSR count). The van der Waals surface area contributed by atoms with Crippen LogP contribution < -0.4 is 9.64 Å². The molecule has 2 aromatic heterocycles. The molecule has 3 heterocycles. The number of thiol groups is 1. The molecule has 6 nitrogen and oxygen atoms in total. The van der Waals surface area contributed by atoms with Crippen LogP contribution in [-0.2, 0) is 9.48 Å². The number of hydrogen-bond donors (Lipinski definition) is 1. The van der Waals surface area contributed by atoms with Gasteiger partial charge in [0, 0.05) is 25.4 Å². The van der Waals surface area contributed by atoms with E-state index in [0.29, 0.717) is 19.0 Å². The largest absolute Gasteiger partial charge is 0.497 e. The molecule has 1 atom stereocenters. The van der Waals surface area contributed by atoms with E-state index in [-0.39, 0.29) is 0 Å². The Kier molecular flexibility index (Phi) is 5.69. The van der Waals surface area contributed by atoms with Crippen molar-refractivity contribution in [2.75, 3.05) is 38.3 Å². The third-order valence-corrected chi connectivity index (χ3v) is 5.58. The Morgan fingerprint density at radius 1 is 1.07 bits per heavy atom. The predicted octanol–water partition coefficient (Wildman–Crippen LogP) is 3.58. The maximum atomic E-state index is 5.50. The molecule has 1 aliphatic heterocycles. The molecule has 0 radical (unpaired) electrons. The molecule has 0 N–H and O–H groups in total. The second-order valence-corrected chi connectivity index (χ2v) is 7.94. The summed E-state index contributed by atoms with van der Waals surface area (Å²) in [6.07, 6.45) is 1.75. The number of pyridine rings is 1. The number of rotatable bonds is 5. The zero-order chi connectivity index (χ0) is 20.3. The highest BCUT2D eigenvalue weighted by molar-refractivity contribution is 7.81. The van der Waals surface area contributed by atoms with Gasteiger partial charge in [-0.15, -0.1) is 0 Å². The minimum Gasteiger partial charge on any atom is -0.497 e. The Morgan fingerprint density at radius 3 is 2.48 bits per heavy atom. The van der Waals surface area contributed by atoms with Gasteiger partial charge in [-0.3, -0.25) is 4.98 Å². The summed E-state index contributed by atoms with van der Waals surface area (Å²) in [5.74, 6) is 2.27. The van der Waals surface area contributed by atoms with Crippen LogP contribution in [0.4, 0.5) is 5.82 Å². The monoisotopic (exact) mass is 408 g/mol. The van der Waals surface area contributed by atoms with Gasteiger partial charge in [-0.1, -0.05) is 18.2 Å². The quantitative estimate of drug-likeness (QED) is 0.651. The fourth-order valence-corrected chi connectivity index (χ4v) is 3.57. The molecule has 150 valence electrons. The number of methoxy groups -OCH3 is 1. The van der Waals surface area contributed by atoms with Crippen LogP contribution in [0, 0.1) is 0 Å². The Balaban J connectivity index is 1.80. The van der Waals surface area contributed by atoms with Crippen molar-refractivity contribution in [1.82, 2.24) is 15.0 Å². The first-order chi connectivity index (χ1) is 14.1. The van der Waals surface area contributed by atoms with Gasteiger partial charge in [-0.25, -0.2) is 9.97 Å². The molecule has 1 fully saturated rings. The first-order valence-electron chi connectivity index (χ1n) is 9.58. The van der Waals surface area contributed by atoms with Crippen LogP contribution in [0.5, 0.6) is 5.75 Å². The Labute approximate surface area is 176 Å². The highest BCUT2D eigenvalue weighted by Gasteiger charge is 2.29. The van der Waals surface area contributed by atoms with Crippen molar-refractivity contribution in [2.24, 2.45) is 0 Å². The van der Waals surface area contributed by atoms with E-state index in [0.717, 1.165) is 41.6 Å². The number of hydrogen-bond acceptors (Lipinski definition) is 7. The minimum absolute atomic E-state index is 0.596. The van der Waals surface area contributed by atoms with Gasteiger partial charge < -0.3 is 14.4 Å². The van der Waals surface area contributed by atoms with E-state index < -0.39 is 4.75 Å². The number of benzene rings is 1. The van der Waals surface area contributed by atoms with Gasteiger partial charge in [0.25, 0.3) is 0 Å². The number of morpholine rings is 1. The normalized spacial score (nSPS) is 16.3. The van der Waals surface area contributed by atoms with Crippen LogP contribution >= 0.6 is 12.6 Å². The standard InChI is InChI=1S/C22H24N4O2S/c1-22(29,16-6-8-17(27-2)9-7-16)19-15-20(26-11-13-28-14-12-26)25-21(24-19)18-5-3-4-10-23-18/h3-10,15,29H,11-14H2,1-2H3. The van der Waals surface area contributed by atoms with Crippen molar-refractivity contribution >= 4 is 18.4 Å². The van der Waals surface area contributed by atoms with Crippen LogP contribution in [-0.4, -0.2) is 48.4 Å². The van der Waals surface area contributed by atoms with Crippen molar-refractivity contribution in [3.05, 3.63) is 66.0 Å². The van der Waals surface area contributed by atoms with Crippen molar-refractivity contribution in [1.29, 1.82) is 0 Å². The van der Waals surface area contributed by atoms with Crippen LogP contribution in [0.1, 0.15) is 18.2 Å². The van der Waals surface area contributed by atoms with E-state index in [9.17, 15) is 0 Å². The SMILES string of the molecule is COc1ccc(C(C)(S)c2cc(N3CCOCC3)nc(-c3ccccn3)n2)cc1. The summed E-state index contributed by atoms with van der Waals surface area (Å²) in [6.45, 7) is 5.02. The molecule has 0 spiro atoms. The molecule has 1 aliphatic rings. The number of anilines is 1. The second kappa shape index (κ2) is 8.39. The van der Waals surface area contributed by atoms with Crippen LogP contribution in [0.15, 0.2) is 54.7 Å². The highest BCUT2D eigenvalue weighted by atomic mass is 32.1. The zero-order valence-electron chi connectivity index (χ0n) is 16.6. The van der Waals surface area contributed by atoms with Gasteiger partial charge in [-0.05, 0) is 36.8 Å². The third kappa shape index (κ3) is 4.21. The fourth-order valence-electron chi connectivity index (χ4n) is 3.31. The van der Waals surface area contributed by atoms with E-state index in [1.54, 1.807) is 13.3 Å². The van der Waals surface area contributed by atoms with E-state index in [1.807, 2.05) is 55.5 Å². The number of ether oxygens (including phenoxy) is 2. The highest BCUT2D eigenvalue weighted by Crippen LogP contribution is 2.37. The molecule has 1 saturated heterocycles. The first kappa shape index (κ1) is 19.7. The summed E-state index contributed by atoms with van der Waals surface area (Å²) in [5, 5.41) is 0. The minimum atomic E-state index is -0.611. The Morgan fingerprint density at radius 2 is 1.83 bits per heavy atom. The van der Waals surface area contributed by atoms with E-state index in [2.05, 4.69) is 9.88 Å². The maximum Gasteiger partial charge on any atom is 0.180 e. The third-order valence-electron chi connectivity index (χ3n) is 5.09. The molecule has 0 bridgehead atoms. The smallest absolute Gasteiger partial charge is 0.180 e. The van der Waals surface area contributed by atoms with Gasteiger partial charge in [-0.2, -0.15) is 12.6 Å². The summed E-state index contributed by atoms with van der Waals surface area (Å²) < 4.78 is 10.2. The lowest BCUT2D eigenvalue weighted by molar-refractivity contribution is 0.122. The average molecular weight is 409 g/mol. The van der Waals surface area contributed by atoms with Crippen molar-refractivity contribution < 1.29 is 9.47 Å². The van der Waals surface area contributed by atoms with Crippen LogP contribution in [0.25, 0.3) is 11.5 Å². The fraction of sp³-hybridized carbons (Fsp3) is 0.318. The van der Waals surface area contributed by atoms with Crippen LogP contribution in [0.3, 0.4) is 0 Å². The lowest BCUT2D eigenvalue weighted by Gasteiger charge is -2.30. The molecule has 1 unspecified atom stereocenters. The van der Waals surface area contributed by atoms with E-state index in [4.69, 9.17) is 32.1 Å². The molecular formula is C22H24N4O2S. The topological polar surface area (TPSA) is 60.4 Å². The molecule has 0 saturated carbocycles. The Hall–Kier alpha value is -2.64. The maximum absolute atomic E-state index is 5.50. The van der Waals surface area contributed by atoms with Gasteiger partial charge in [0.2, 0.25) is 0 Å².